The highest BCUT2D eigenvalue weighted by atomic mass is 28.4. The van der Waals surface area contributed by atoms with E-state index in [4.69, 9.17) is 18.1 Å². The van der Waals surface area contributed by atoms with Crippen LogP contribution >= 0.6 is 0 Å². The quantitative estimate of drug-likeness (QED) is 0.0642. The van der Waals surface area contributed by atoms with E-state index < -0.39 is 25.0 Å². The lowest BCUT2D eigenvalue weighted by atomic mass is 9.86. The number of allylic oxidation sites excluding steroid dienone is 2. The molecule has 0 amide bonds. The number of carbonyl (C=O) groups is 1. The lowest BCUT2D eigenvalue weighted by molar-refractivity contribution is -0.135. The maximum Gasteiger partial charge on any atom is 0.292 e. The van der Waals surface area contributed by atoms with Crippen molar-refractivity contribution < 1.29 is 22.9 Å². The van der Waals surface area contributed by atoms with Gasteiger partial charge in [0.15, 0.2) is 16.6 Å². The molecule has 4 atom stereocenters. The first-order valence-electron chi connectivity index (χ1n) is 15.4. The molecule has 0 aromatic rings. The smallest absolute Gasteiger partial charge is 0.292 e. The minimum Gasteiger partial charge on any atom is -0.520 e. The van der Waals surface area contributed by atoms with Gasteiger partial charge < -0.3 is 18.1 Å². The summed E-state index contributed by atoms with van der Waals surface area (Å²) in [5, 5.41) is 4.49. The number of nitrogens with zero attached hydrogens (tertiary/aromatic N) is 1. The van der Waals surface area contributed by atoms with E-state index in [1.807, 2.05) is 19.6 Å². The Morgan fingerprint density at radius 3 is 2.21 bits per heavy atom. The Morgan fingerprint density at radius 1 is 0.949 bits per heavy atom. The predicted octanol–water partition coefficient (Wildman–Crippen LogP) is 8.92. The highest BCUT2D eigenvalue weighted by Crippen LogP contribution is 2.40. The number of rotatable bonds is 19. The van der Waals surface area contributed by atoms with Crippen molar-refractivity contribution >= 4 is 36.6 Å². The van der Waals surface area contributed by atoms with Gasteiger partial charge in [-0.05, 0) is 103 Å². The Bertz CT molecular complexity index is 768. The van der Waals surface area contributed by atoms with Gasteiger partial charge in [-0.25, -0.2) is 0 Å². The fourth-order valence-electron chi connectivity index (χ4n) is 5.40. The van der Waals surface area contributed by atoms with Crippen molar-refractivity contribution in [3.8, 4) is 0 Å². The number of oxime groups is 1. The molecular weight excluding hydrogens is 539 g/mol. The molecule has 228 valence electrons. The predicted molar refractivity (Wildman–Crippen MR) is 173 cm³/mol. The van der Waals surface area contributed by atoms with Crippen LogP contribution in [0.3, 0.4) is 0 Å². The Morgan fingerprint density at radius 2 is 1.64 bits per heavy atom. The minimum atomic E-state index is -1.81. The van der Waals surface area contributed by atoms with E-state index in [2.05, 4.69) is 63.5 Å². The Hall–Kier alpha value is -0.749. The zero-order valence-electron chi connectivity index (χ0n) is 27.2. The molecule has 1 aliphatic rings. The van der Waals surface area contributed by atoms with E-state index in [1.165, 1.54) is 19.3 Å². The van der Waals surface area contributed by atoms with Gasteiger partial charge in [-0.2, -0.15) is 0 Å². The van der Waals surface area contributed by atoms with Crippen molar-refractivity contribution in [2.45, 2.75) is 149 Å². The Labute approximate surface area is 244 Å². The molecule has 0 unspecified atom stereocenters. The van der Waals surface area contributed by atoms with Gasteiger partial charge in [0.05, 0.1) is 11.8 Å². The molecule has 0 aromatic heterocycles. The third kappa shape index (κ3) is 17.0. The number of hydrogen-bond donors (Lipinski definition) is 0. The summed E-state index contributed by atoms with van der Waals surface area (Å²) in [6.07, 6.45) is 16.0. The van der Waals surface area contributed by atoms with Crippen LogP contribution in [0.1, 0.15) is 77.6 Å². The number of carbonyl (C=O) groups excluding carboxylic acids is 1. The van der Waals surface area contributed by atoms with Crippen LogP contribution in [0, 0.1) is 11.8 Å². The highest BCUT2D eigenvalue weighted by molar-refractivity contribution is 6.71. The van der Waals surface area contributed by atoms with E-state index in [1.54, 1.807) is 7.11 Å². The SMILES string of the molecule is CCCCC[C@@H](CC[C@H]1[C@H](O[Si](C)(C)C)C/C(=N\OC)[C@@H]1C/C=C\CCCC(=O)O[Si](C)(C)C)O[Si](C)(C)C. The monoisotopic (exact) mass is 599 g/mol. The summed E-state index contributed by atoms with van der Waals surface area (Å²) in [5.41, 5.74) is 1.13. The van der Waals surface area contributed by atoms with Crippen molar-refractivity contribution in [3.63, 3.8) is 0 Å². The Kier molecular flexibility index (Phi) is 16.1. The second kappa shape index (κ2) is 17.3. The van der Waals surface area contributed by atoms with Crippen molar-refractivity contribution in [3.05, 3.63) is 12.2 Å². The average molecular weight is 600 g/mol. The molecule has 6 nitrogen and oxygen atoms in total. The third-order valence-electron chi connectivity index (χ3n) is 6.75. The molecule has 9 heteroatoms. The molecule has 1 rings (SSSR count). The maximum absolute atomic E-state index is 12.0. The van der Waals surface area contributed by atoms with Crippen molar-refractivity contribution in [1.29, 1.82) is 0 Å². The van der Waals surface area contributed by atoms with Crippen LogP contribution in [-0.4, -0.2) is 56.0 Å². The first kappa shape index (κ1) is 36.3. The summed E-state index contributed by atoms with van der Waals surface area (Å²) in [7, 11) is -3.51. The molecule has 0 aliphatic heterocycles. The summed E-state index contributed by atoms with van der Waals surface area (Å²) >= 11 is 0. The van der Waals surface area contributed by atoms with Crippen LogP contribution in [0.2, 0.25) is 58.9 Å². The molecule has 0 N–H and O–H groups in total. The standard InChI is InChI=1S/C30H61NO5Si3/c1-12-13-16-19-25(34-37(3,4)5)22-23-27-26(28(31-33-2)24-29(27)35-38(6,7)8)20-17-14-15-18-21-30(32)36-39(9,10)11/h14,17,25-27,29H,12-13,15-16,18-24H2,1-11H3/b17-14-,31-28+/t25-,26+,27+,29+/m0/s1. The third-order valence-corrected chi connectivity index (χ3v) is 9.64. The van der Waals surface area contributed by atoms with Gasteiger partial charge in [0, 0.05) is 24.9 Å². The van der Waals surface area contributed by atoms with Gasteiger partial charge in [-0.15, -0.1) is 0 Å². The second-order valence-corrected chi connectivity index (χ2v) is 27.5. The minimum absolute atomic E-state index is 0.0618. The number of unbranched alkanes of at least 4 members (excludes halogenated alkanes) is 3. The second-order valence-electron chi connectivity index (χ2n) is 14.1. The average Bonchev–Trinajstić information content (AvgIpc) is 3.06. The summed E-state index contributed by atoms with van der Waals surface area (Å²) in [6.45, 7) is 22.1. The van der Waals surface area contributed by atoms with Gasteiger partial charge in [-0.1, -0.05) is 43.5 Å². The van der Waals surface area contributed by atoms with Crippen LogP contribution in [0.5, 0.6) is 0 Å². The first-order chi connectivity index (χ1) is 18.0. The zero-order chi connectivity index (χ0) is 29.7. The van der Waals surface area contributed by atoms with E-state index in [0.717, 1.165) is 50.7 Å². The fourth-order valence-corrected chi connectivity index (χ4v) is 8.59. The molecule has 0 radical (unpaired) electrons. The highest BCUT2D eigenvalue weighted by Gasteiger charge is 2.43. The van der Waals surface area contributed by atoms with E-state index in [9.17, 15) is 4.79 Å². The molecule has 0 aromatic carbocycles. The van der Waals surface area contributed by atoms with Crippen LogP contribution in [0.4, 0.5) is 0 Å². The van der Waals surface area contributed by atoms with Gasteiger partial charge >= 0.3 is 0 Å². The number of hydrogen-bond acceptors (Lipinski definition) is 6. The summed E-state index contributed by atoms with van der Waals surface area (Å²) in [4.78, 5) is 17.3. The molecule has 1 fully saturated rings. The lowest BCUT2D eigenvalue weighted by Gasteiger charge is -2.32. The summed E-state index contributed by atoms with van der Waals surface area (Å²) in [6, 6.07) is 0. The lowest BCUT2D eigenvalue weighted by Crippen LogP contribution is -2.36. The maximum atomic E-state index is 12.0. The van der Waals surface area contributed by atoms with E-state index >= 15 is 0 Å². The molecule has 0 saturated heterocycles. The van der Waals surface area contributed by atoms with Crippen molar-refractivity contribution in [2.24, 2.45) is 17.0 Å². The molecule has 0 spiro atoms. The molecule has 39 heavy (non-hydrogen) atoms. The van der Waals surface area contributed by atoms with Crippen LogP contribution < -0.4 is 0 Å². The van der Waals surface area contributed by atoms with Crippen LogP contribution in [0.15, 0.2) is 17.3 Å². The molecule has 0 bridgehead atoms. The zero-order valence-corrected chi connectivity index (χ0v) is 30.2. The van der Waals surface area contributed by atoms with Crippen molar-refractivity contribution in [2.75, 3.05) is 7.11 Å². The first-order valence-corrected chi connectivity index (χ1v) is 25.6. The van der Waals surface area contributed by atoms with Gasteiger partial charge in [0.1, 0.15) is 7.11 Å². The fraction of sp³-hybridized carbons (Fsp3) is 0.867. The van der Waals surface area contributed by atoms with Gasteiger partial charge in [0.25, 0.3) is 5.97 Å². The van der Waals surface area contributed by atoms with Crippen LogP contribution in [-0.2, 0) is 22.9 Å². The molecule has 1 saturated carbocycles. The van der Waals surface area contributed by atoms with Crippen LogP contribution in [0.25, 0.3) is 0 Å². The summed E-state index contributed by atoms with van der Waals surface area (Å²) < 4.78 is 19.0. The molecular formula is C30H61NO5Si3. The van der Waals surface area contributed by atoms with Gasteiger partial charge in [-0.3, -0.25) is 4.79 Å². The van der Waals surface area contributed by atoms with Crippen molar-refractivity contribution in [1.82, 2.24) is 0 Å². The molecule has 0 heterocycles. The topological polar surface area (TPSA) is 66.4 Å². The van der Waals surface area contributed by atoms with E-state index in [-0.39, 0.29) is 12.1 Å². The van der Waals surface area contributed by atoms with E-state index in [0.29, 0.717) is 24.4 Å². The Balaban J connectivity index is 2.94. The molecule has 1 aliphatic carbocycles. The van der Waals surface area contributed by atoms with Gasteiger partial charge in [0.2, 0.25) is 8.32 Å². The largest absolute Gasteiger partial charge is 0.520 e. The normalized spacial score (nSPS) is 22.5. The summed E-state index contributed by atoms with van der Waals surface area (Å²) in [5.74, 6) is 0.650.